The van der Waals surface area contributed by atoms with E-state index < -0.39 is 23.7 Å². The lowest BCUT2D eigenvalue weighted by Crippen LogP contribution is -2.39. The lowest BCUT2D eigenvalue weighted by Gasteiger charge is -2.17. The quantitative estimate of drug-likeness (QED) is 0.751. The second-order valence-corrected chi connectivity index (χ2v) is 4.84. The Morgan fingerprint density at radius 3 is 2.70 bits per heavy atom. The Balaban J connectivity index is 2.51. The number of urea groups is 1. The van der Waals surface area contributed by atoms with Gasteiger partial charge in [0.05, 0.1) is 6.04 Å². The first-order valence-corrected chi connectivity index (χ1v) is 6.54. The lowest BCUT2D eigenvalue weighted by atomic mass is 10.1. The zero-order chi connectivity index (χ0) is 15.1. The summed E-state index contributed by atoms with van der Waals surface area (Å²) >= 11 is 0. The number of rotatable bonds is 6. The van der Waals surface area contributed by atoms with Gasteiger partial charge >= 0.3 is 6.03 Å². The maximum atomic E-state index is 13.5. The maximum Gasteiger partial charge on any atom is 0.315 e. The first-order chi connectivity index (χ1) is 9.45. The number of aliphatic hydroxyl groups excluding tert-OH is 1. The maximum absolute atomic E-state index is 13.5. The predicted molar refractivity (Wildman–Crippen MR) is 72.2 cm³/mol. The van der Waals surface area contributed by atoms with Gasteiger partial charge in [0.1, 0.15) is 0 Å². The van der Waals surface area contributed by atoms with Crippen molar-refractivity contribution in [2.24, 2.45) is 5.92 Å². The molecule has 1 aromatic carbocycles. The average Bonchev–Trinajstić information content (AvgIpc) is 2.40. The van der Waals surface area contributed by atoms with Crippen molar-refractivity contribution < 1.29 is 18.7 Å². The molecule has 20 heavy (non-hydrogen) atoms. The SMILES string of the molecule is CC(CCO)CNC(=O)NC(C)c1cccc(F)c1F. The fourth-order valence-corrected chi connectivity index (χ4v) is 1.77. The second kappa shape index (κ2) is 7.79. The van der Waals surface area contributed by atoms with E-state index in [0.717, 1.165) is 6.07 Å². The van der Waals surface area contributed by atoms with E-state index in [0.29, 0.717) is 13.0 Å². The van der Waals surface area contributed by atoms with Crippen molar-refractivity contribution in [1.29, 1.82) is 0 Å². The van der Waals surface area contributed by atoms with Crippen LogP contribution in [0, 0.1) is 17.6 Å². The van der Waals surface area contributed by atoms with Gasteiger partial charge in [0.25, 0.3) is 0 Å². The molecule has 2 amide bonds. The summed E-state index contributed by atoms with van der Waals surface area (Å²) in [5.74, 6) is -1.74. The summed E-state index contributed by atoms with van der Waals surface area (Å²) in [5, 5.41) is 13.9. The van der Waals surface area contributed by atoms with Crippen LogP contribution in [0.25, 0.3) is 0 Å². The minimum atomic E-state index is -0.950. The Morgan fingerprint density at radius 2 is 2.05 bits per heavy atom. The summed E-state index contributed by atoms with van der Waals surface area (Å²) in [6.45, 7) is 3.95. The Bertz CT molecular complexity index is 455. The van der Waals surface area contributed by atoms with Crippen LogP contribution < -0.4 is 10.6 Å². The van der Waals surface area contributed by atoms with Gasteiger partial charge < -0.3 is 15.7 Å². The first kappa shape index (κ1) is 16.4. The summed E-state index contributed by atoms with van der Waals surface area (Å²) < 4.78 is 26.6. The first-order valence-electron chi connectivity index (χ1n) is 6.54. The highest BCUT2D eigenvalue weighted by molar-refractivity contribution is 5.74. The molecule has 2 atom stereocenters. The third kappa shape index (κ3) is 4.77. The Hall–Kier alpha value is -1.69. The molecule has 3 N–H and O–H groups in total. The third-order valence-electron chi connectivity index (χ3n) is 3.03. The summed E-state index contributed by atoms with van der Waals surface area (Å²) in [6.07, 6.45) is 0.592. The van der Waals surface area contributed by atoms with Crippen molar-refractivity contribution in [1.82, 2.24) is 10.6 Å². The van der Waals surface area contributed by atoms with Crippen molar-refractivity contribution in [2.75, 3.05) is 13.2 Å². The van der Waals surface area contributed by atoms with Crippen LogP contribution in [-0.2, 0) is 0 Å². The standard InChI is InChI=1S/C14H20F2N2O2/c1-9(6-7-19)8-17-14(20)18-10(2)11-4-3-5-12(15)13(11)16/h3-5,9-10,19H,6-8H2,1-2H3,(H2,17,18,20). The number of hydrogen-bond acceptors (Lipinski definition) is 2. The van der Waals surface area contributed by atoms with Crippen LogP contribution in [0.4, 0.5) is 13.6 Å². The van der Waals surface area contributed by atoms with E-state index >= 15 is 0 Å². The van der Waals surface area contributed by atoms with E-state index in [2.05, 4.69) is 10.6 Å². The van der Waals surface area contributed by atoms with Crippen LogP contribution in [0.3, 0.4) is 0 Å². The predicted octanol–water partition coefficient (Wildman–Crippen LogP) is 2.34. The van der Waals surface area contributed by atoms with Gasteiger partial charge in [-0.15, -0.1) is 0 Å². The fraction of sp³-hybridized carbons (Fsp3) is 0.500. The highest BCUT2D eigenvalue weighted by atomic mass is 19.2. The van der Waals surface area contributed by atoms with Gasteiger partial charge in [0, 0.05) is 18.7 Å². The van der Waals surface area contributed by atoms with Crippen molar-refractivity contribution in [3.8, 4) is 0 Å². The van der Waals surface area contributed by atoms with E-state index in [9.17, 15) is 13.6 Å². The van der Waals surface area contributed by atoms with E-state index in [1.54, 1.807) is 6.92 Å². The van der Waals surface area contributed by atoms with Crippen molar-refractivity contribution in [3.63, 3.8) is 0 Å². The van der Waals surface area contributed by atoms with Crippen LogP contribution >= 0.6 is 0 Å². The molecule has 1 aromatic rings. The van der Waals surface area contributed by atoms with Gasteiger partial charge in [-0.25, -0.2) is 13.6 Å². The minimum Gasteiger partial charge on any atom is -0.396 e. The molecule has 0 fully saturated rings. The minimum absolute atomic E-state index is 0.0649. The van der Waals surface area contributed by atoms with E-state index in [4.69, 9.17) is 5.11 Å². The molecule has 0 aliphatic heterocycles. The zero-order valence-electron chi connectivity index (χ0n) is 11.6. The zero-order valence-corrected chi connectivity index (χ0v) is 11.6. The average molecular weight is 286 g/mol. The number of amides is 2. The normalized spacial score (nSPS) is 13.7. The molecule has 0 aromatic heterocycles. The summed E-state index contributed by atoms with van der Waals surface area (Å²) in [4.78, 5) is 11.6. The number of carbonyl (C=O) groups excluding carboxylic acids is 1. The number of nitrogens with one attached hydrogen (secondary N) is 2. The Morgan fingerprint density at radius 1 is 1.35 bits per heavy atom. The number of benzene rings is 1. The fourth-order valence-electron chi connectivity index (χ4n) is 1.77. The number of aliphatic hydroxyl groups is 1. The van der Waals surface area contributed by atoms with E-state index in [1.807, 2.05) is 6.92 Å². The van der Waals surface area contributed by atoms with Crippen molar-refractivity contribution in [2.45, 2.75) is 26.3 Å². The van der Waals surface area contributed by atoms with Crippen LogP contribution in [0.15, 0.2) is 18.2 Å². The van der Waals surface area contributed by atoms with Gasteiger partial charge in [-0.2, -0.15) is 0 Å². The number of carbonyl (C=O) groups is 1. The highest BCUT2D eigenvalue weighted by Crippen LogP contribution is 2.18. The third-order valence-corrected chi connectivity index (χ3v) is 3.03. The van der Waals surface area contributed by atoms with Gasteiger partial charge in [-0.05, 0) is 25.3 Å². The van der Waals surface area contributed by atoms with E-state index in [-0.39, 0.29) is 18.1 Å². The van der Waals surface area contributed by atoms with Gasteiger partial charge in [-0.3, -0.25) is 0 Å². The molecule has 2 unspecified atom stereocenters. The summed E-state index contributed by atoms with van der Waals surface area (Å²) in [5.41, 5.74) is 0.101. The molecule has 0 radical (unpaired) electrons. The summed E-state index contributed by atoms with van der Waals surface area (Å²) in [7, 11) is 0. The van der Waals surface area contributed by atoms with Crippen LogP contribution in [0.5, 0.6) is 0 Å². The molecule has 0 saturated heterocycles. The summed E-state index contributed by atoms with van der Waals surface area (Å²) in [6, 6.07) is 2.76. The number of hydrogen-bond donors (Lipinski definition) is 3. The van der Waals surface area contributed by atoms with Gasteiger partial charge in [-0.1, -0.05) is 19.1 Å². The molecule has 0 saturated carbocycles. The largest absolute Gasteiger partial charge is 0.396 e. The molecule has 0 aliphatic rings. The smallest absolute Gasteiger partial charge is 0.315 e. The lowest BCUT2D eigenvalue weighted by molar-refractivity contribution is 0.231. The van der Waals surface area contributed by atoms with Crippen LogP contribution in [0.2, 0.25) is 0 Å². The van der Waals surface area contributed by atoms with Gasteiger partial charge in [0.2, 0.25) is 0 Å². The van der Waals surface area contributed by atoms with Crippen molar-refractivity contribution in [3.05, 3.63) is 35.4 Å². The highest BCUT2D eigenvalue weighted by Gasteiger charge is 2.16. The molecule has 0 spiro atoms. The molecule has 1 rings (SSSR count). The number of halogens is 2. The topological polar surface area (TPSA) is 61.4 Å². The van der Waals surface area contributed by atoms with Gasteiger partial charge in [0.15, 0.2) is 11.6 Å². The van der Waals surface area contributed by atoms with E-state index in [1.165, 1.54) is 12.1 Å². The van der Waals surface area contributed by atoms with Crippen LogP contribution in [0.1, 0.15) is 31.9 Å². The Kier molecular flexibility index (Phi) is 6.38. The molecule has 6 heteroatoms. The molecule has 0 bridgehead atoms. The second-order valence-electron chi connectivity index (χ2n) is 4.84. The molecule has 4 nitrogen and oxygen atoms in total. The molecular formula is C14H20F2N2O2. The molecule has 0 heterocycles. The monoisotopic (exact) mass is 286 g/mol. The van der Waals surface area contributed by atoms with Crippen molar-refractivity contribution >= 4 is 6.03 Å². The molecular weight excluding hydrogens is 266 g/mol. The van der Waals surface area contributed by atoms with Crippen LogP contribution in [-0.4, -0.2) is 24.3 Å². The molecule has 112 valence electrons. The molecule has 0 aliphatic carbocycles. The Labute approximate surface area is 117 Å².